The lowest BCUT2D eigenvalue weighted by Gasteiger charge is -2.31. The van der Waals surface area contributed by atoms with Gasteiger partial charge in [-0.25, -0.2) is 4.98 Å². The summed E-state index contributed by atoms with van der Waals surface area (Å²) in [6, 6.07) is 10.5. The largest absolute Gasteiger partial charge is 0.337 e. The lowest BCUT2D eigenvalue weighted by Crippen LogP contribution is -2.38. The number of benzene rings is 1. The third-order valence-electron chi connectivity index (χ3n) is 5.36. The highest BCUT2D eigenvalue weighted by Gasteiger charge is 2.29. The number of thiazole rings is 1. The van der Waals surface area contributed by atoms with Crippen LogP contribution in [-0.2, 0) is 6.42 Å². The first kappa shape index (κ1) is 20.0. The molecule has 1 saturated heterocycles. The number of hydrogen-bond acceptors (Lipinski definition) is 5. The Balaban J connectivity index is 1.39. The third-order valence-corrected chi connectivity index (χ3v) is 6.50. The van der Waals surface area contributed by atoms with E-state index in [0.29, 0.717) is 29.5 Å². The highest BCUT2D eigenvalue weighted by molar-refractivity contribution is 7.71. The molecule has 0 unspecified atom stereocenters. The van der Waals surface area contributed by atoms with E-state index in [0.717, 1.165) is 30.1 Å². The van der Waals surface area contributed by atoms with Gasteiger partial charge in [0.1, 0.15) is 11.5 Å². The van der Waals surface area contributed by atoms with Gasteiger partial charge in [0.15, 0.2) is 4.77 Å². The van der Waals surface area contributed by atoms with Gasteiger partial charge in [0.25, 0.3) is 5.91 Å². The Morgan fingerprint density at radius 2 is 2.00 bits per heavy atom. The molecule has 3 aromatic rings. The molecule has 0 aliphatic carbocycles. The molecule has 0 radical (unpaired) electrons. The summed E-state index contributed by atoms with van der Waals surface area (Å²) in [6.07, 6.45) is 2.54. The van der Waals surface area contributed by atoms with Gasteiger partial charge in [0.2, 0.25) is 0 Å². The van der Waals surface area contributed by atoms with Gasteiger partial charge in [-0.15, -0.1) is 11.3 Å². The molecular formula is C21H25N5OS2. The van der Waals surface area contributed by atoms with E-state index in [9.17, 15) is 4.79 Å². The van der Waals surface area contributed by atoms with Crippen molar-refractivity contribution in [2.45, 2.75) is 45.1 Å². The summed E-state index contributed by atoms with van der Waals surface area (Å²) in [6.45, 7) is 5.66. The Morgan fingerprint density at radius 3 is 2.69 bits per heavy atom. The summed E-state index contributed by atoms with van der Waals surface area (Å²) >= 11 is 6.92. The van der Waals surface area contributed by atoms with Gasteiger partial charge >= 0.3 is 0 Å². The van der Waals surface area contributed by atoms with Crippen LogP contribution in [-0.4, -0.2) is 43.6 Å². The Kier molecular flexibility index (Phi) is 5.91. The third kappa shape index (κ3) is 4.33. The van der Waals surface area contributed by atoms with Gasteiger partial charge in [-0.1, -0.05) is 30.3 Å². The number of carbonyl (C=O) groups is 1. The molecule has 29 heavy (non-hydrogen) atoms. The zero-order valence-electron chi connectivity index (χ0n) is 16.7. The van der Waals surface area contributed by atoms with Gasteiger partial charge in [-0.05, 0) is 44.5 Å². The summed E-state index contributed by atoms with van der Waals surface area (Å²) in [5.41, 5.74) is 1.77. The molecule has 1 amide bonds. The molecule has 3 heterocycles. The summed E-state index contributed by atoms with van der Waals surface area (Å²) in [5.74, 6) is 1.36. The number of amides is 1. The highest BCUT2D eigenvalue weighted by Crippen LogP contribution is 2.29. The summed E-state index contributed by atoms with van der Waals surface area (Å²) in [5, 5.41) is 10.2. The fraction of sp³-hybridized carbons (Fsp3) is 0.429. The summed E-state index contributed by atoms with van der Waals surface area (Å²) in [7, 11) is 0. The lowest BCUT2D eigenvalue weighted by molar-refractivity contribution is 0.0704. The van der Waals surface area contributed by atoms with Crippen molar-refractivity contribution in [3.63, 3.8) is 0 Å². The Bertz CT molecular complexity index is 1030. The van der Waals surface area contributed by atoms with Crippen molar-refractivity contribution in [2.75, 3.05) is 13.1 Å². The zero-order chi connectivity index (χ0) is 20.4. The van der Waals surface area contributed by atoms with Crippen molar-refractivity contribution in [2.24, 2.45) is 0 Å². The first-order chi connectivity index (χ1) is 14.0. The molecule has 1 fully saturated rings. The van der Waals surface area contributed by atoms with Gasteiger partial charge < -0.3 is 9.47 Å². The van der Waals surface area contributed by atoms with Crippen molar-refractivity contribution >= 4 is 29.5 Å². The van der Waals surface area contributed by atoms with Gasteiger partial charge in [0.05, 0.1) is 5.01 Å². The number of aromatic nitrogens is 4. The van der Waals surface area contributed by atoms with E-state index < -0.39 is 0 Å². The van der Waals surface area contributed by atoms with E-state index in [2.05, 4.69) is 45.7 Å². The molecular weight excluding hydrogens is 402 g/mol. The average molecular weight is 428 g/mol. The number of carbonyl (C=O) groups excluding carboxylic acids is 1. The number of aromatic amines is 1. The topological polar surface area (TPSA) is 66.8 Å². The van der Waals surface area contributed by atoms with Crippen LogP contribution in [0.4, 0.5) is 0 Å². The van der Waals surface area contributed by atoms with Crippen LogP contribution in [0, 0.1) is 4.77 Å². The van der Waals surface area contributed by atoms with Crippen molar-refractivity contribution < 1.29 is 4.79 Å². The van der Waals surface area contributed by atoms with Crippen LogP contribution in [0.5, 0.6) is 0 Å². The first-order valence-electron chi connectivity index (χ1n) is 9.97. The number of nitrogens with zero attached hydrogens (tertiary/aromatic N) is 4. The molecule has 152 valence electrons. The molecule has 1 N–H and O–H groups in total. The van der Waals surface area contributed by atoms with E-state index in [-0.39, 0.29) is 11.9 Å². The Labute approximate surface area is 179 Å². The highest BCUT2D eigenvalue weighted by atomic mass is 32.1. The molecule has 0 saturated carbocycles. The van der Waals surface area contributed by atoms with Crippen molar-refractivity contribution in [3.05, 3.63) is 62.6 Å². The Morgan fingerprint density at radius 1 is 1.28 bits per heavy atom. The second kappa shape index (κ2) is 8.59. The monoisotopic (exact) mass is 427 g/mol. The van der Waals surface area contributed by atoms with Crippen LogP contribution in [0.3, 0.4) is 0 Å². The van der Waals surface area contributed by atoms with Crippen molar-refractivity contribution in [3.8, 4) is 0 Å². The maximum atomic E-state index is 12.9. The predicted molar refractivity (Wildman–Crippen MR) is 117 cm³/mol. The summed E-state index contributed by atoms with van der Waals surface area (Å²) in [4.78, 5) is 19.4. The van der Waals surface area contributed by atoms with Gasteiger partial charge in [-0.3, -0.25) is 9.89 Å². The Hall–Kier alpha value is -2.32. The normalized spacial score (nSPS) is 15.2. The van der Waals surface area contributed by atoms with Crippen LogP contribution in [0.2, 0.25) is 0 Å². The maximum absolute atomic E-state index is 12.9. The predicted octanol–water partition coefficient (Wildman–Crippen LogP) is 4.59. The standard InChI is InChI=1S/C21H25N5OS2/c1-14(2)26-19(23-24-21(26)28)16-8-10-25(11-9-16)20(27)17-13-29-18(22-17)12-15-6-4-3-5-7-15/h3-7,13-14,16H,8-12H2,1-2H3,(H,24,28). The second-order valence-corrected chi connectivity index (χ2v) is 9.04. The fourth-order valence-electron chi connectivity index (χ4n) is 3.87. The molecule has 1 aromatic carbocycles. The molecule has 2 aromatic heterocycles. The van der Waals surface area contributed by atoms with Crippen LogP contribution < -0.4 is 0 Å². The van der Waals surface area contributed by atoms with Crippen LogP contribution in [0.25, 0.3) is 0 Å². The van der Waals surface area contributed by atoms with Crippen molar-refractivity contribution in [1.82, 2.24) is 24.6 Å². The average Bonchev–Trinajstić information content (AvgIpc) is 3.35. The minimum absolute atomic E-state index is 0.0294. The lowest BCUT2D eigenvalue weighted by atomic mass is 9.95. The number of hydrogen-bond donors (Lipinski definition) is 1. The number of rotatable bonds is 5. The quantitative estimate of drug-likeness (QED) is 0.605. The molecule has 0 atom stereocenters. The van der Waals surface area contributed by atoms with Crippen molar-refractivity contribution in [1.29, 1.82) is 0 Å². The van der Waals surface area contributed by atoms with Crippen LogP contribution in [0.1, 0.15) is 65.5 Å². The molecule has 0 bridgehead atoms. The van der Waals surface area contributed by atoms with Crippen LogP contribution >= 0.6 is 23.6 Å². The number of nitrogens with one attached hydrogen (secondary N) is 1. The minimum Gasteiger partial charge on any atom is -0.337 e. The number of likely N-dealkylation sites (tertiary alicyclic amines) is 1. The molecule has 8 heteroatoms. The molecule has 1 aliphatic heterocycles. The smallest absolute Gasteiger partial charge is 0.273 e. The number of piperidine rings is 1. The SMILES string of the molecule is CC(C)n1c(C2CCN(C(=O)c3csc(Cc4ccccc4)n3)CC2)n[nH]c1=S. The first-order valence-corrected chi connectivity index (χ1v) is 11.3. The minimum atomic E-state index is 0.0294. The van der Waals surface area contributed by atoms with E-state index in [1.165, 1.54) is 5.56 Å². The van der Waals surface area contributed by atoms with Gasteiger partial charge in [0, 0.05) is 36.9 Å². The van der Waals surface area contributed by atoms with E-state index in [1.807, 2.05) is 28.5 Å². The van der Waals surface area contributed by atoms with E-state index >= 15 is 0 Å². The van der Waals surface area contributed by atoms with Gasteiger partial charge in [-0.2, -0.15) is 5.10 Å². The van der Waals surface area contributed by atoms with E-state index in [4.69, 9.17) is 12.2 Å². The zero-order valence-corrected chi connectivity index (χ0v) is 18.3. The second-order valence-electron chi connectivity index (χ2n) is 7.71. The van der Waals surface area contributed by atoms with Crippen LogP contribution in [0.15, 0.2) is 35.7 Å². The maximum Gasteiger partial charge on any atom is 0.273 e. The van der Waals surface area contributed by atoms with E-state index in [1.54, 1.807) is 11.3 Å². The molecule has 1 aliphatic rings. The fourth-order valence-corrected chi connectivity index (χ4v) is 5.02. The molecule has 6 nitrogen and oxygen atoms in total. The summed E-state index contributed by atoms with van der Waals surface area (Å²) < 4.78 is 2.76. The molecule has 4 rings (SSSR count). The molecule has 0 spiro atoms. The number of H-pyrrole nitrogens is 1.